The molecule has 1 rings (SSSR count). The second-order valence-corrected chi connectivity index (χ2v) is 3.15. The molecule has 0 aliphatic heterocycles. The molecule has 0 unspecified atom stereocenters. The zero-order valence-corrected chi connectivity index (χ0v) is 8.37. The van der Waals surface area contributed by atoms with Gasteiger partial charge in [0, 0.05) is 26.5 Å². The Bertz CT molecular complexity index is 300. The van der Waals surface area contributed by atoms with Gasteiger partial charge in [-0.1, -0.05) is 0 Å². The molecule has 4 nitrogen and oxygen atoms in total. The van der Waals surface area contributed by atoms with E-state index in [0.29, 0.717) is 10.3 Å². The molecule has 0 aliphatic rings. The molecule has 64 valence electrons. The largest absolute Gasteiger partial charge is 0.343 e. The van der Waals surface area contributed by atoms with Gasteiger partial charge in [0.25, 0.3) is 5.91 Å². The Morgan fingerprint density at radius 2 is 2.00 bits per heavy atom. The molecule has 0 bridgehead atoms. The molecule has 1 aromatic rings. The number of nitrogens with zero attached hydrogens (tertiary/aromatic N) is 3. The van der Waals surface area contributed by atoms with Gasteiger partial charge in [0.05, 0.1) is 0 Å². The Labute approximate surface area is 78.8 Å². The number of halogens is 1. The molecule has 0 fully saturated rings. The van der Waals surface area contributed by atoms with Crippen LogP contribution >= 0.6 is 15.9 Å². The molecule has 0 saturated heterocycles. The standard InChI is InChI=1S/C7H8BrN3O/c1-11(2)7(12)5-6(8)10-4-3-9-5/h3-4H,1-2H3. The van der Waals surface area contributed by atoms with Crippen molar-refractivity contribution < 1.29 is 4.79 Å². The van der Waals surface area contributed by atoms with Crippen LogP contribution in [0.4, 0.5) is 0 Å². The summed E-state index contributed by atoms with van der Waals surface area (Å²) in [5, 5.41) is 0. The highest BCUT2D eigenvalue weighted by atomic mass is 79.9. The molecule has 0 aliphatic carbocycles. The topological polar surface area (TPSA) is 46.1 Å². The molecule has 1 aromatic heterocycles. The lowest BCUT2D eigenvalue weighted by Crippen LogP contribution is -2.23. The predicted molar refractivity (Wildman–Crippen MR) is 47.7 cm³/mol. The SMILES string of the molecule is CN(C)C(=O)c1nccnc1Br. The Hall–Kier alpha value is -0.970. The monoisotopic (exact) mass is 229 g/mol. The molecule has 0 atom stereocenters. The van der Waals surface area contributed by atoms with Crippen LogP contribution in [0.1, 0.15) is 10.5 Å². The van der Waals surface area contributed by atoms with E-state index < -0.39 is 0 Å². The summed E-state index contributed by atoms with van der Waals surface area (Å²) in [4.78, 5) is 20.6. The second kappa shape index (κ2) is 3.62. The molecule has 12 heavy (non-hydrogen) atoms. The van der Waals surface area contributed by atoms with Crippen LogP contribution in [0.5, 0.6) is 0 Å². The summed E-state index contributed by atoms with van der Waals surface area (Å²) in [6, 6.07) is 0. The first kappa shape index (κ1) is 9.12. The fraction of sp³-hybridized carbons (Fsp3) is 0.286. The van der Waals surface area contributed by atoms with E-state index in [0.717, 1.165) is 0 Å². The van der Waals surface area contributed by atoms with Gasteiger partial charge in [-0.05, 0) is 15.9 Å². The van der Waals surface area contributed by atoms with Gasteiger partial charge < -0.3 is 4.90 Å². The van der Waals surface area contributed by atoms with E-state index in [1.54, 1.807) is 14.1 Å². The zero-order chi connectivity index (χ0) is 9.14. The van der Waals surface area contributed by atoms with E-state index in [2.05, 4.69) is 25.9 Å². The van der Waals surface area contributed by atoms with Gasteiger partial charge in [-0.3, -0.25) is 4.79 Å². The molecule has 0 saturated carbocycles. The quantitative estimate of drug-likeness (QED) is 0.721. The van der Waals surface area contributed by atoms with Gasteiger partial charge in [-0.2, -0.15) is 0 Å². The van der Waals surface area contributed by atoms with Crippen molar-refractivity contribution >= 4 is 21.8 Å². The molecular weight excluding hydrogens is 222 g/mol. The summed E-state index contributed by atoms with van der Waals surface area (Å²) >= 11 is 3.14. The maximum atomic E-state index is 11.4. The highest BCUT2D eigenvalue weighted by Crippen LogP contribution is 2.10. The molecule has 0 spiro atoms. The highest BCUT2D eigenvalue weighted by molar-refractivity contribution is 9.10. The fourth-order valence-corrected chi connectivity index (χ4v) is 1.07. The average molecular weight is 230 g/mol. The smallest absolute Gasteiger partial charge is 0.274 e. The lowest BCUT2D eigenvalue weighted by Gasteiger charge is -2.09. The third-order valence-corrected chi connectivity index (χ3v) is 1.84. The van der Waals surface area contributed by atoms with Crippen molar-refractivity contribution in [2.45, 2.75) is 0 Å². The van der Waals surface area contributed by atoms with Crippen LogP contribution in [-0.4, -0.2) is 34.9 Å². The summed E-state index contributed by atoms with van der Waals surface area (Å²) in [6.45, 7) is 0. The van der Waals surface area contributed by atoms with Crippen molar-refractivity contribution in [3.05, 3.63) is 22.7 Å². The maximum absolute atomic E-state index is 11.4. The predicted octanol–water partition coefficient (Wildman–Crippen LogP) is 0.941. The summed E-state index contributed by atoms with van der Waals surface area (Å²) in [7, 11) is 3.34. The van der Waals surface area contributed by atoms with Gasteiger partial charge in [0.15, 0.2) is 5.69 Å². The van der Waals surface area contributed by atoms with E-state index >= 15 is 0 Å². The van der Waals surface area contributed by atoms with Crippen LogP contribution in [0.15, 0.2) is 17.0 Å². The lowest BCUT2D eigenvalue weighted by atomic mass is 10.4. The first-order valence-corrected chi connectivity index (χ1v) is 4.10. The number of hydrogen-bond acceptors (Lipinski definition) is 3. The van der Waals surface area contributed by atoms with Crippen LogP contribution in [0.25, 0.3) is 0 Å². The van der Waals surface area contributed by atoms with Crippen molar-refractivity contribution in [3.63, 3.8) is 0 Å². The Morgan fingerprint density at radius 3 is 2.50 bits per heavy atom. The minimum absolute atomic E-state index is 0.157. The van der Waals surface area contributed by atoms with Crippen molar-refractivity contribution in [3.8, 4) is 0 Å². The van der Waals surface area contributed by atoms with E-state index in [1.807, 2.05) is 0 Å². The number of aromatic nitrogens is 2. The van der Waals surface area contributed by atoms with Gasteiger partial charge in [-0.15, -0.1) is 0 Å². The van der Waals surface area contributed by atoms with E-state index in [1.165, 1.54) is 17.3 Å². The van der Waals surface area contributed by atoms with Crippen LogP contribution in [0, 0.1) is 0 Å². The maximum Gasteiger partial charge on any atom is 0.274 e. The Morgan fingerprint density at radius 1 is 1.42 bits per heavy atom. The van der Waals surface area contributed by atoms with Crippen LogP contribution in [0.3, 0.4) is 0 Å². The number of rotatable bonds is 1. The number of amides is 1. The third kappa shape index (κ3) is 1.79. The molecular formula is C7H8BrN3O. The number of carbonyl (C=O) groups is 1. The van der Waals surface area contributed by atoms with E-state index in [4.69, 9.17) is 0 Å². The molecule has 5 heteroatoms. The highest BCUT2D eigenvalue weighted by Gasteiger charge is 2.13. The molecule has 0 radical (unpaired) electrons. The summed E-state index contributed by atoms with van der Waals surface area (Å²) in [5.74, 6) is -0.157. The van der Waals surface area contributed by atoms with E-state index in [9.17, 15) is 4.79 Å². The van der Waals surface area contributed by atoms with Crippen LogP contribution in [-0.2, 0) is 0 Å². The summed E-state index contributed by atoms with van der Waals surface area (Å²) in [6.07, 6.45) is 3.01. The third-order valence-electron chi connectivity index (χ3n) is 1.26. The minimum Gasteiger partial charge on any atom is -0.343 e. The van der Waals surface area contributed by atoms with Crippen molar-refractivity contribution in [2.24, 2.45) is 0 Å². The first-order valence-electron chi connectivity index (χ1n) is 3.31. The van der Waals surface area contributed by atoms with Gasteiger partial charge >= 0.3 is 0 Å². The van der Waals surface area contributed by atoms with Gasteiger partial charge in [-0.25, -0.2) is 9.97 Å². The Kier molecular flexibility index (Phi) is 2.75. The average Bonchev–Trinajstić information content (AvgIpc) is 2.04. The first-order chi connectivity index (χ1) is 5.63. The number of carbonyl (C=O) groups excluding carboxylic acids is 1. The van der Waals surface area contributed by atoms with E-state index in [-0.39, 0.29) is 5.91 Å². The molecule has 0 aromatic carbocycles. The molecule has 1 heterocycles. The van der Waals surface area contributed by atoms with Crippen molar-refractivity contribution in [1.82, 2.24) is 14.9 Å². The summed E-state index contributed by atoms with van der Waals surface area (Å²) < 4.78 is 0.476. The van der Waals surface area contributed by atoms with Gasteiger partial charge in [0.1, 0.15) is 4.60 Å². The number of hydrogen-bond donors (Lipinski definition) is 0. The molecule has 1 amide bonds. The van der Waals surface area contributed by atoms with Crippen LogP contribution in [0.2, 0.25) is 0 Å². The normalized spacial score (nSPS) is 9.58. The lowest BCUT2D eigenvalue weighted by molar-refractivity contribution is 0.0820. The minimum atomic E-state index is -0.157. The fourth-order valence-electron chi connectivity index (χ4n) is 0.676. The summed E-state index contributed by atoms with van der Waals surface area (Å²) in [5.41, 5.74) is 0.336. The second-order valence-electron chi connectivity index (χ2n) is 2.40. The van der Waals surface area contributed by atoms with Crippen molar-refractivity contribution in [2.75, 3.05) is 14.1 Å². The Balaban J connectivity index is 3.03. The zero-order valence-electron chi connectivity index (χ0n) is 6.78. The molecule has 0 N–H and O–H groups in total. The van der Waals surface area contributed by atoms with Crippen molar-refractivity contribution in [1.29, 1.82) is 0 Å². The van der Waals surface area contributed by atoms with Crippen LogP contribution < -0.4 is 0 Å². The van der Waals surface area contributed by atoms with Gasteiger partial charge in [0.2, 0.25) is 0 Å².